The summed E-state index contributed by atoms with van der Waals surface area (Å²) in [5.74, 6) is -0.308. The van der Waals surface area contributed by atoms with Crippen molar-refractivity contribution in [2.45, 2.75) is 32.2 Å². The van der Waals surface area contributed by atoms with Crippen molar-refractivity contribution in [2.75, 3.05) is 44.3 Å². The molecule has 174 valence electrons. The fourth-order valence-electron chi connectivity index (χ4n) is 4.05. The average molecular weight is 449 g/mol. The fourth-order valence-corrected chi connectivity index (χ4v) is 4.05. The number of morpholine rings is 1. The van der Waals surface area contributed by atoms with E-state index in [4.69, 9.17) is 10.00 Å². The van der Waals surface area contributed by atoms with Gasteiger partial charge in [0.15, 0.2) is 0 Å². The van der Waals surface area contributed by atoms with E-state index in [9.17, 15) is 9.59 Å². The third-order valence-electron chi connectivity index (χ3n) is 5.79. The Morgan fingerprint density at radius 2 is 1.88 bits per heavy atom. The average Bonchev–Trinajstić information content (AvgIpc) is 2.84. The first-order valence-corrected chi connectivity index (χ1v) is 11.5. The number of hydrogen-bond donors (Lipinski definition) is 1. The molecule has 0 radical (unpaired) electrons. The minimum Gasteiger partial charge on any atom is -0.379 e. The molecule has 2 aromatic carbocycles. The van der Waals surface area contributed by atoms with Gasteiger partial charge in [0.05, 0.1) is 31.7 Å². The van der Waals surface area contributed by atoms with E-state index in [1.165, 1.54) is 11.1 Å². The monoisotopic (exact) mass is 448 g/mol. The van der Waals surface area contributed by atoms with Gasteiger partial charge < -0.3 is 15.0 Å². The lowest BCUT2D eigenvalue weighted by Gasteiger charge is -2.35. The van der Waals surface area contributed by atoms with Crippen molar-refractivity contribution in [3.8, 4) is 6.07 Å². The summed E-state index contributed by atoms with van der Waals surface area (Å²) in [6.07, 6.45) is 0.446. The number of rotatable bonds is 10. The van der Waals surface area contributed by atoms with E-state index in [2.05, 4.69) is 41.4 Å². The smallest absolute Gasteiger partial charge is 0.227 e. The van der Waals surface area contributed by atoms with Crippen LogP contribution in [0.2, 0.25) is 0 Å². The Hall–Kier alpha value is -3.21. The van der Waals surface area contributed by atoms with Crippen molar-refractivity contribution in [2.24, 2.45) is 0 Å². The summed E-state index contributed by atoms with van der Waals surface area (Å²) in [5, 5.41) is 12.0. The van der Waals surface area contributed by atoms with Crippen molar-refractivity contribution >= 4 is 17.5 Å². The molecule has 7 heteroatoms. The maximum absolute atomic E-state index is 12.8. The maximum atomic E-state index is 12.8. The molecule has 33 heavy (non-hydrogen) atoms. The Morgan fingerprint density at radius 1 is 1.12 bits per heavy atom. The number of nitrogens with one attached hydrogen (secondary N) is 1. The largest absolute Gasteiger partial charge is 0.379 e. The van der Waals surface area contributed by atoms with Gasteiger partial charge in [0.1, 0.15) is 0 Å². The van der Waals surface area contributed by atoms with Crippen LogP contribution in [0.3, 0.4) is 0 Å². The van der Waals surface area contributed by atoms with E-state index in [-0.39, 0.29) is 37.1 Å². The van der Waals surface area contributed by atoms with Crippen molar-refractivity contribution in [1.82, 2.24) is 10.2 Å². The highest BCUT2D eigenvalue weighted by Gasteiger charge is 2.24. The Kier molecular flexibility index (Phi) is 9.43. The number of nitrogens with zero attached hydrogens (tertiary/aromatic N) is 3. The van der Waals surface area contributed by atoms with Crippen LogP contribution in [0.15, 0.2) is 54.6 Å². The van der Waals surface area contributed by atoms with E-state index < -0.39 is 0 Å². The first-order chi connectivity index (χ1) is 16.1. The number of carbonyl (C=O) groups is 2. The number of nitriles is 1. The molecule has 0 aliphatic carbocycles. The predicted octanol–water partition coefficient (Wildman–Crippen LogP) is 3.21. The number of hydrogen-bond acceptors (Lipinski definition) is 5. The quantitative estimate of drug-likeness (QED) is 0.603. The van der Waals surface area contributed by atoms with Crippen LogP contribution in [0.25, 0.3) is 0 Å². The first kappa shape index (κ1) is 24.4. The van der Waals surface area contributed by atoms with Gasteiger partial charge in [-0.15, -0.1) is 0 Å². The molecule has 1 saturated heterocycles. The van der Waals surface area contributed by atoms with Crippen LogP contribution in [0.1, 0.15) is 36.4 Å². The van der Waals surface area contributed by atoms with E-state index in [1.807, 2.05) is 36.4 Å². The highest BCUT2D eigenvalue weighted by Crippen LogP contribution is 2.22. The molecule has 2 aromatic rings. The second-order valence-corrected chi connectivity index (χ2v) is 8.17. The van der Waals surface area contributed by atoms with Gasteiger partial charge in [-0.25, -0.2) is 0 Å². The van der Waals surface area contributed by atoms with Crippen LogP contribution in [0.5, 0.6) is 0 Å². The molecule has 1 N–H and O–H groups in total. The second kappa shape index (κ2) is 12.7. The first-order valence-electron chi connectivity index (χ1n) is 11.5. The third-order valence-corrected chi connectivity index (χ3v) is 5.79. The fraction of sp³-hybridized carbons (Fsp3) is 0.423. The molecule has 0 aromatic heterocycles. The number of para-hydroxylation sites is 1. The lowest BCUT2D eigenvalue weighted by molar-refractivity contribution is -0.125. The molecule has 0 spiro atoms. The molecule has 7 nitrogen and oxygen atoms in total. The number of benzene rings is 2. The van der Waals surface area contributed by atoms with Crippen LogP contribution >= 0.6 is 0 Å². The molecular weight excluding hydrogens is 416 g/mol. The zero-order valence-electron chi connectivity index (χ0n) is 19.2. The number of amides is 2. The van der Waals surface area contributed by atoms with Gasteiger partial charge in [-0.1, -0.05) is 48.0 Å². The zero-order chi connectivity index (χ0) is 23.5. The van der Waals surface area contributed by atoms with Crippen molar-refractivity contribution in [1.29, 1.82) is 5.26 Å². The molecular formula is C26H32N4O3. The molecule has 1 unspecified atom stereocenters. The normalized spacial score (nSPS) is 14.8. The molecule has 0 saturated carbocycles. The third kappa shape index (κ3) is 7.41. The Labute approximate surface area is 195 Å². The van der Waals surface area contributed by atoms with Crippen LogP contribution in [-0.2, 0) is 14.3 Å². The summed E-state index contributed by atoms with van der Waals surface area (Å²) < 4.78 is 5.50. The Morgan fingerprint density at radius 3 is 2.58 bits per heavy atom. The second-order valence-electron chi connectivity index (χ2n) is 8.17. The molecule has 0 bridgehead atoms. The topological polar surface area (TPSA) is 85.7 Å². The molecule has 1 fully saturated rings. The molecule has 1 heterocycles. The van der Waals surface area contributed by atoms with E-state index >= 15 is 0 Å². The van der Waals surface area contributed by atoms with Gasteiger partial charge >= 0.3 is 0 Å². The van der Waals surface area contributed by atoms with Gasteiger partial charge in [-0.2, -0.15) is 5.26 Å². The highest BCUT2D eigenvalue weighted by molar-refractivity contribution is 5.95. The summed E-state index contributed by atoms with van der Waals surface area (Å²) in [6.45, 7) is 5.86. The number of ether oxygens (including phenoxy) is 1. The summed E-state index contributed by atoms with van der Waals surface area (Å²) >= 11 is 0. The maximum Gasteiger partial charge on any atom is 0.227 e. The van der Waals surface area contributed by atoms with Crippen LogP contribution in [0.4, 0.5) is 5.69 Å². The van der Waals surface area contributed by atoms with Gasteiger partial charge in [0.25, 0.3) is 0 Å². The van der Waals surface area contributed by atoms with Crippen molar-refractivity contribution in [3.63, 3.8) is 0 Å². The van der Waals surface area contributed by atoms with Gasteiger partial charge in [0, 0.05) is 44.7 Å². The molecule has 1 atom stereocenters. The summed E-state index contributed by atoms with van der Waals surface area (Å²) in [4.78, 5) is 29.4. The molecule has 3 rings (SSSR count). The van der Waals surface area contributed by atoms with E-state index in [1.54, 1.807) is 4.90 Å². The summed E-state index contributed by atoms with van der Waals surface area (Å²) in [5.41, 5.74) is 3.09. The number of aryl methyl sites for hydroxylation is 1. The van der Waals surface area contributed by atoms with E-state index in [0.717, 1.165) is 18.8 Å². The predicted molar refractivity (Wildman–Crippen MR) is 128 cm³/mol. The summed E-state index contributed by atoms with van der Waals surface area (Å²) in [7, 11) is 0. The van der Waals surface area contributed by atoms with Gasteiger partial charge in [-0.3, -0.25) is 14.5 Å². The van der Waals surface area contributed by atoms with Crippen LogP contribution in [-0.4, -0.2) is 56.1 Å². The number of carbonyl (C=O) groups excluding carboxylic acids is 2. The Bertz CT molecular complexity index is 952. The van der Waals surface area contributed by atoms with Crippen LogP contribution in [0, 0.1) is 18.3 Å². The highest BCUT2D eigenvalue weighted by atomic mass is 16.5. The standard InChI is InChI=1S/C26H32N4O3/c1-21-7-5-8-22(19-21)24(29-15-17-33-18-16-29)20-28-25(31)11-12-26(32)30(14-6-13-27)23-9-3-2-4-10-23/h2-5,7-10,19,24H,6,11-12,14-18,20H2,1H3,(H,28,31). The SMILES string of the molecule is Cc1cccc(C(CNC(=O)CCC(=O)N(CCC#N)c2ccccc2)N2CCOCC2)c1. The minimum absolute atomic E-state index is 0.0601. The molecule has 1 aliphatic rings. The lowest BCUT2D eigenvalue weighted by atomic mass is 10.0. The Balaban J connectivity index is 1.57. The molecule has 1 aliphatic heterocycles. The van der Waals surface area contributed by atoms with Gasteiger partial charge in [0.2, 0.25) is 11.8 Å². The molecule has 2 amide bonds. The van der Waals surface area contributed by atoms with Crippen LogP contribution < -0.4 is 10.2 Å². The lowest BCUT2D eigenvalue weighted by Crippen LogP contribution is -2.44. The number of anilines is 1. The van der Waals surface area contributed by atoms with Crippen molar-refractivity contribution < 1.29 is 14.3 Å². The minimum atomic E-state index is -0.157. The van der Waals surface area contributed by atoms with Gasteiger partial charge in [-0.05, 0) is 24.6 Å². The van der Waals surface area contributed by atoms with Crippen molar-refractivity contribution in [3.05, 3.63) is 65.7 Å². The zero-order valence-corrected chi connectivity index (χ0v) is 19.2. The van der Waals surface area contributed by atoms with E-state index in [0.29, 0.717) is 26.3 Å². The summed E-state index contributed by atoms with van der Waals surface area (Å²) in [6, 6.07) is 19.8.